The molecule has 1 aromatic heterocycles. The Morgan fingerprint density at radius 3 is 1.99 bits per heavy atom. The number of nitriles is 1. The Morgan fingerprint density at radius 2 is 1.34 bits per heavy atom. The van der Waals surface area contributed by atoms with Crippen LogP contribution in [0, 0.1) is 23.2 Å². The van der Waals surface area contributed by atoms with Crippen LogP contribution in [0.25, 0.3) is 10.9 Å². The molecule has 0 unspecified atom stereocenters. The van der Waals surface area contributed by atoms with Gasteiger partial charge in [0.15, 0.2) is 0 Å². The third kappa shape index (κ3) is 17.2. The predicted octanol–water partition coefficient (Wildman–Crippen LogP) is 1.43. The number of aliphatic carboxylic acids is 2. The smallest absolute Gasteiger partial charge is 0.317 e. The summed E-state index contributed by atoms with van der Waals surface area (Å²) in [6.07, 6.45) is 3.33. The molecule has 23 heteroatoms. The molecule has 3 heterocycles. The van der Waals surface area contributed by atoms with Crippen LogP contribution in [-0.2, 0) is 46.5 Å². The molecular formula is C50H63F2N11O10. The number of nitrogens with zero attached hydrogens (tertiary/aromatic N) is 6. The predicted molar refractivity (Wildman–Crippen MR) is 261 cm³/mol. The van der Waals surface area contributed by atoms with E-state index in [9.17, 15) is 62.6 Å². The fourth-order valence-electron chi connectivity index (χ4n) is 9.28. The third-order valence-corrected chi connectivity index (χ3v) is 13.3. The Morgan fingerprint density at radius 1 is 0.726 bits per heavy atom. The molecule has 3 fully saturated rings. The number of anilines is 1. The molecule has 3 aliphatic rings. The van der Waals surface area contributed by atoms with Gasteiger partial charge in [-0.3, -0.25) is 58.0 Å². The van der Waals surface area contributed by atoms with Crippen LogP contribution in [0.4, 0.5) is 14.5 Å². The van der Waals surface area contributed by atoms with Crippen LogP contribution in [0.2, 0.25) is 0 Å². The van der Waals surface area contributed by atoms with Crippen LogP contribution in [0.5, 0.6) is 0 Å². The van der Waals surface area contributed by atoms with E-state index >= 15 is 0 Å². The van der Waals surface area contributed by atoms with Gasteiger partial charge in [0, 0.05) is 102 Å². The van der Waals surface area contributed by atoms with E-state index in [4.69, 9.17) is 0 Å². The van der Waals surface area contributed by atoms with Crippen molar-refractivity contribution in [1.82, 2.24) is 45.9 Å². The molecule has 1 aliphatic carbocycles. The van der Waals surface area contributed by atoms with Crippen LogP contribution in [0.3, 0.4) is 0 Å². The number of amides is 6. The molecule has 7 N–H and O–H groups in total. The molecule has 0 bridgehead atoms. The first-order valence-corrected chi connectivity index (χ1v) is 24.5. The largest absolute Gasteiger partial charge is 0.480 e. The standard InChI is InChI=1S/C50H63F2N11O10/c51-50(52)25-37(26-53)63(32-50)44(67)28-58-49(73)39-14-15-55-47-38(39)2-1-3-40(47)59-42(65)13-12-41(64)54-16-17-56-48(72)36-10-8-34(9-11-36)27-57-43(66)24-33-4-6-35(7-5-33)29-60-18-20-61(30-45(68)69)22-23-62(21-19-60)31-46(70)71/h1-7,14-15,34,36-37H,8-13,16-25,27-32H2,(H,54,64)(H,56,72)(H,57,66)(H,58,73)(H,59,65)(H,68,69)(H,70,71)/t34?,36?,37-/m0/s1. The number of nitrogens with one attached hydrogen (secondary N) is 5. The lowest BCUT2D eigenvalue weighted by Gasteiger charge is -2.28. The molecule has 21 nitrogen and oxygen atoms in total. The Labute approximate surface area is 421 Å². The van der Waals surface area contributed by atoms with Gasteiger partial charge >= 0.3 is 11.9 Å². The highest BCUT2D eigenvalue weighted by Crippen LogP contribution is 2.32. The monoisotopic (exact) mass is 1020 g/mol. The lowest BCUT2D eigenvalue weighted by atomic mass is 9.81. The number of pyridine rings is 1. The van der Waals surface area contributed by atoms with Gasteiger partial charge in [-0.05, 0) is 54.9 Å². The number of carboxylic acids is 2. The average molecular weight is 1020 g/mol. The Balaban J connectivity index is 0.833. The van der Waals surface area contributed by atoms with Crippen LogP contribution in [0.15, 0.2) is 54.7 Å². The summed E-state index contributed by atoms with van der Waals surface area (Å²) >= 11 is 0. The first kappa shape index (κ1) is 55.2. The number of halogens is 2. The number of carbonyl (C=O) groups is 8. The highest BCUT2D eigenvalue weighted by atomic mass is 19.3. The van der Waals surface area contributed by atoms with E-state index in [2.05, 4.69) is 36.5 Å². The number of carboxylic acid groups (broad SMARTS) is 2. The summed E-state index contributed by atoms with van der Waals surface area (Å²) < 4.78 is 27.6. The zero-order valence-corrected chi connectivity index (χ0v) is 40.6. The molecule has 1 atom stereocenters. The van der Waals surface area contributed by atoms with Gasteiger partial charge in [-0.25, -0.2) is 8.78 Å². The van der Waals surface area contributed by atoms with Crippen LogP contribution >= 0.6 is 0 Å². The molecule has 2 aliphatic heterocycles. The van der Waals surface area contributed by atoms with Crippen LogP contribution in [-0.4, -0.2) is 179 Å². The van der Waals surface area contributed by atoms with Gasteiger partial charge in [-0.2, -0.15) is 5.26 Å². The zero-order chi connectivity index (χ0) is 52.5. The summed E-state index contributed by atoms with van der Waals surface area (Å²) in [5.41, 5.74) is 2.51. The molecule has 392 valence electrons. The van der Waals surface area contributed by atoms with Gasteiger partial charge in [0.05, 0.1) is 55.4 Å². The summed E-state index contributed by atoms with van der Waals surface area (Å²) in [4.78, 5) is 111. The van der Waals surface area contributed by atoms with Crippen molar-refractivity contribution in [2.75, 3.05) is 90.4 Å². The molecule has 1 saturated carbocycles. The number of rotatable bonds is 21. The van der Waals surface area contributed by atoms with Gasteiger partial charge in [0.2, 0.25) is 29.5 Å². The first-order valence-electron chi connectivity index (χ1n) is 24.5. The first-order chi connectivity index (χ1) is 34.9. The number of carbonyl (C=O) groups excluding carboxylic acids is 6. The fourth-order valence-corrected chi connectivity index (χ4v) is 9.28. The lowest BCUT2D eigenvalue weighted by Crippen LogP contribution is -2.43. The van der Waals surface area contributed by atoms with Crippen molar-refractivity contribution in [1.29, 1.82) is 5.26 Å². The summed E-state index contributed by atoms with van der Waals surface area (Å²) in [5.74, 6) is -7.62. The summed E-state index contributed by atoms with van der Waals surface area (Å²) in [5, 5.41) is 41.9. The number of fused-ring (bicyclic) bond motifs is 1. The van der Waals surface area contributed by atoms with Crippen LogP contribution in [0.1, 0.15) is 66.4 Å². The quantitative estimate of drug-likeness (QED) is 0.0744. The van der Waals surface area contributed by atoms with E-state index in [-0.39, 0.29) is 85.9 Å². The van der Waals surface area contributed by atoms with Crippen molar-refractivity contribution in [3.63, 3.8) is 0 Å². The maximum Gasteiger partial charge on any atom is 0.317 e. The lowest BCUT2D eigenvalue weighted by molar-refractivity contribution is -0.140. The fraction of sp³-hybridized carbons (Fsp3) is 0.520. The summed E-state index contributed by atoms with van der Waals surface area (Å²) in [6, 6.07) is 14.3. The van der Waals surface area contributed by atoms with E-state index in [0.29, 0.717) is 70.6 Å². The van der Waals surface area contributed by atoms with Gasteiger partial charge in [-0.1, -0.05) is 36.4 Å². The zero-order valence-electron chi connectivity index (χ0n) is 40.6. The molecule has 2 aromatic carbocycles. The summed E-state index contributed by atoms with van der Waals surface area (Å²) in [6.45, 7) is 3.01. The average Bonchev–Trinajstić information content (AvgIpc) is 3.73. The normalized spacial score (nSPS) is 19.6. The van der Waals surface area contributed by atoms with E-state index in [0.717, 1.165) is 28.9 Å². The number of aromatic nitrogens is 1. The molecule has 73 heavy (non-hydrogen) atoms. The maximum absolute atomic E-state index is 13.8. The molecule has 2 saturated heterocycles. The van der Waals surface area contributed by atoms with E-state index in [1.54, 1.807) is 24.3 Å². The van der Waals surface area contributed by atoms with Gasteiger partial charge in [0.25, 0.3) is 11.8 Å². The van der Waals surface area contributed by atoms with Crippen molar-refractivity contribution in [2.45, 2.75) is 69.9 Å². The number of benzene rings is 2. The molecular weight excluding hydrogens is 953 g/mol. The van der Waals surface area contributed by atoms with Crippen molar-refractivity contribution in [3.05, 3.63) is 71.4 Å². The number of likely N-dealkylation sites (tertiary alicyclic amines) is 1. The Bertz CT molecular complexity index is 2490. The van der Waals surface area contributed by atoms with Gasteiger partial charge in [-0.15, -0.1) is 0 Å². The molecule has 0 radical (unpaired) electrons. The Hall–Kier alpha value is -7.16. The van der Waals surface area contributed by atoms with Crippen molar-refractivity contribution < 1.29 is 57.4 Å². The van der Waals surface area contributed by atoms with Crippen molar-refractivity contribution in [3.8, 4) is 6.07 Å². The maximum atomic E-state index is 13.8. The second-order valence-corrected chi connectivity index (χ2v) is 18.8. The van der Waals surface area contributed by atoms with Crippen molar-refractivity contribution in [2.24, 2.45) is 11.8 Å². The van der Waals surface area contributed by atoms with Gasteiger partial charge < -0.3 is 41.7 Å². The molecule has 3 aromatic rings. The molecule has 6 amide bonds. The third-order valence-electron chi connectivity index (χ3n) is 13.3. The number of hydrogen-bond donors (Lipinski definition) is 7. The number of para-hydroxylation sites is 1. The SMILES string of the molecule is N#C[C@@H]1CC(F)(F)CN1C(=O)CNC(=O)c1ccnc2c(NC(=O)CCC(=O)NCCNC(=O)C3CCC(CNC(=O)Cc4ccc(CN5CCN(CC(=O)O)CCN(CC(=O)O)CC5)cc4)CC3)cccc12. The second kappa shape index (κ2) is 26.5. The minimum absolute atomic E-state index is 0.0995. The highest BCUT2D eigenvalue weighted by Gasteiger charge is 2.47. The van der Waals surface area contributed by atoms with E-state index in [1.807, 2.05) is 34.1 Å². The minimum atomic E-state index is -3.20. The van der Waals surface area contributed by atoms with E-state index < -0.39 is 67.0 Å². The topological polar surface area (TPSA) is 287 Å². The Kier molecular flexibility index (Phi) is 20.0. The summed E-state index contributed by atoms with van der Waals surface area (Å²) in [7, 11) is 0. The number of hydrogen-bond acceptors (Lipinski definition) is 13. The second-order valence-electron chi connectivity index (χ2n) is 18.8. The van der Waals surface area contributed by atoms with Crippen molar-refractivity contribution >= 4 is 64.0 Å². The molecule has 0 spiro atoms. The van der Waals surface area contributed by atoms with Gasteiger partial charge in [0.1, 0.15) is 6.04 Å². The molecule has 6 rings (SSSR count). The highest BCUT2D eigenvalue weighted by molar-refractivity contribution is 6.10. The number of alkyl halides is 2. The minimum Gasteiger partial charge on any atom is -0.480 e. The van der Waals surface area contributed by atoms with Crippen LogP contribution < -0.4 is 26.6 Å². The van der Waals surface area contributed by atoms with E-state index in [1.165, 1.54) is 12.3 Å².